The van der Waals surface area contributed by atoms with Crippen LogP contribution in [0.25, 0.3) is 28.3 Å². The standard InChI is InChI=1S/C28H25FN8O/c1-19-14-20(6-8-30-19)27-32-18-37(35-27)24-4-2-23(3-5-24)33-28-31-9-7-26(34-28)21-15-22(29)17-25(16-21)36-10-12-38-13-11-36/h2-9,14-18H,10-13H2,1H3,(H,31,33,34). The van der Waals surface area contributed by atoms with E-state index in [-0.39, 0.29) is 5.82 Å². The third kappa shape index (κ3) is 5.21. The second kappa shape index (κ2) is 10.3. The summed E-state index contributed by atoms with van der Waals surface area (Å²) in [5, 5.41) is 7.82. The molecule has 190 valence electrons. The number of nitrogens with zero attached hydrogens (tertiary/aromatic N) is 7. The lowest BCUT2D eigenvalue weighted by molar-refractivity contribution is 0.122. The fourth-order valence-corrected chi connectivity index (χ4v) is 4.34. The van der Waals surface area contributed by atoms with Gasteiger partial charge in [-0.25, -0.2) is 24.0 Å². The van der Waals surface area contributed by atoms with Gasteiger partial charge in [0.05, 0.1) is 24.6 Å². The lowest BCUT2D eigenvalue weighted by atomic mass is 10.1. The van der Waals surface area contributed by atoms with Crippen LogP contribution in [-0.2, 0) is 4.74 Å². The number of pyridine rings is 1. The fourth-order valence-electron chi connectivity index (χ4n) is 4.34. The quantitative estimate of drug-likeness (QED) is 0.349. The average Bonchev–Trinajstić information content (AvgIpc) is 3.44. The van der Waals surface area contributed by atoms with Gasteiger partial charge in [0, 0.05) is 53.7 Å². The maximum atomic E-state index is 14.5. The first kappa shape index (κ1) is 23.7. The first-order valence-corrected chi connectivity index (χ1v) is 12.3. The molecule has 0 unspecified atom stereocenters. The van der Waals surface area contributed by atoms with Gasteiger partial charge in [0.2, 0.25) is 5.95 Å². The number of aryl methyl sites for hydroxylation is 1. The van der Waals surface area contributed by atoms with E-state index in [4.69, 9.17) is 4.74 Å². The van der Waals surface area contributed by atoms with Gasteiger partial charge in [-0.15, -0.1) is 5.10 Å². The molecule has 0 saturated carbocycles. The van der Waals surface area contributed by atoms with E-state index in [1.807, 2.05) is 49.4 Å². The van der Waals surface area contributed by atoms with Crippen molar-refractivity contribution in [2.75, 3.05) is 36.5 Å². The van der Waals surface area contributed by atoms with E-state index in [1.54, 1.807) is 35.5 Å². The molecule has 0 spiro atoms. The van der Waals surface area contributed by atoms with Crippen molar-refractivity contribution >= 4 is 17.3 Å². The van der Waals surface area contributed by atoms with Crippen LogP contribution in [0.3, 0.4) is 0 Å². The van der Waals surface area contributed by atoms with Crippen LogP contribution >= 0.6 is 0 Å². The predicted molar refractivity (Wildman–Crippen MR) is 143 cm³/mol. The van der Waals surface area contributed by atoms with Crippen LogP contribution < -0.4 is 10.2 Å². The van der Waals surface area contributed by atoms with E-state index in [0.717, 1.165) is 41.4 Å². The maximum Gasteiger partial charge on any atom is 0.227 e. The highest BCUT2D eigenvalue weighted by molar-refractivity contribution is 5.67. The second-order valence-corrected chi connectivity index (χ2v) is 8.93. The van der Waals surface area contributed by atoms with Gasteiger partial charge < -0.3 is 15.0 Å². The zero-order chi connectivity index (χ0) is 25.9. The Balaban J connectivity index is 1.18. The average molecular weight is 509 g/mol. The van der Waals surface area contributed by atoms with E-state index >= 15 is 0 Å². The second-order valence-electron chi connectivity index (χ2n) is 8.93. The van der Waals surface area contributed by atoms with Crippen molar-refractivity contribution in [3.8, 4) is 28.3 Å². The highest BCUT2D eigenvalue weighted by Crippen LogP contribution is 2.27. The monoisotopic (exact) mass is 508 g/mol. The minimum absolute atomic E-state index is 0.303. The van der Waals surface area contributed by atoms with E-state index in [9.17, 15) is 4.39 Å². The highest BCUT2D eigenvalue weighted by atomic mass is 19.1. The molecule has 1 aliphatic heterocycles. The molecule has 0 atom stereocenters. The van der Waals surface area contributed by atoms with Crippen LogP contribution in [0.4, 0.5) is 21.7 Å². The van der Waals surface area contributed by atoms with E-state index in [1.165, 1.54) is 6.07 Å². The zero-order valence-electron chi connectivity index (χ0n) is 20.8. The Hall–Kier alpha value is -4.70. The van der Waals surface area contributed by atoms with Crippen LogP contribution in [0.15, 0.2) is 79.4 Å². The molecule has 4 heterocycles. The molecule has 0 amide bonds. The Morgan fingerprint density at radius 3 is 2.47 bits per heavy atom. The molecule has 10 heteroatoms. The number of nitrogens with one attached hydrogen (secondary N) is 1. The molecule has 2 aromatic carbocycles. The number of ether oxygens (including phenoxy) is 1. The summed E-state index contributed by atoms with van der Waals surface area (Å²) in [6, 6.07) is 18.3. The smallest absolute Gasteiger partial charge is 0.227 e. The number of aromatic nitrogens is 6. The number of morpholine rings is 1. The molecule has 38 heavy (non-hydrogen) atoms. The van der Waals surface area contributed by atoms with Gasteiger partial charge in [-0.3, -0.25) is 4.98 Å². The lowest BCUT2D eigenvalue weighted by Crippen LogP contribution is -2.36. The first-order valence-electron chi connectivity index (χ1n) is 12.3. The van der Waals surface area contributed by atoms with Gasteiger partial charge in [0.1, 0.15) is 12.1 Å². The molecule has 3 aromatic heterocycles. The number of anilines is 3. The SMILES string of the molecule is Cc1cc(-c2ncn(-c3ccc(Nc4nccc(-c5cc(F)cc(N6CCOCC6)c5)n4)cc3)n2)ccn1. The molecule has 1 saturated heterocycles. The summed E-state index contributed by atoms with van der Waals surface area (Å²) in [5.41, 5.74) is 5.66. The van der Waals surface area contributed by atoms with Crippen LogP contribution in [0.2, 0.25) is 0 Å². The summed E-state index contributed by atoms with van der Waals surface area (Å²) in [7, 11) is 0. The molecule has 1 fully saturated rings. The normalized spacial score (nSPS) is 13.5. The molecular formula is C28H25FN8O. The molecule has 6 rings (SSSR count). The van der Waals surface area contributed by atoms with Crippen molar-refractivity contribution < 1.29 is 9.13 Å². The summed E-state index contributed by atoms with van der Waals surface area (Å²) in [6.45, 7) is 4.67. The van der Waals surface area contributed by atoms with Gasteiger partial charge in [-0.1, -0.05) is 0 Å². The molecule has 1 aliphatic rings. The van der Waals surface area contributed by atoms with E-state index in [2.05, 4.69) is 35.3 Å². The Labute approximate surface area is 219 Å². The Bertz CT molecular complexity index is 1560. The summed E-state index contributed by atoms with van der Waals surface area (Å²) in [6.07, 6.45) is 5.10. The van der Waals surface area contributed by atoms with Crippen LogP contribution in [0.5, 0.6) is 0 Å². The summed E-state index contributed by atoms with van der Waals surface area (Å²) >= 11 is 0. The number of hydrogen-bond donors (Lipinski definition) is 1. The molecule has 5 aromatic rings. The molecule has 1 N–H and O–H groups in total. The molecule has 0 radical (unpaired) electrons. The minimum Gasteiger partial charge on any atom is -0.378 e. The van der Waals surface area contributed by atoms with Gasteiger partial charge in [0.15, 0.2) is 5.82 Å². The number of hydrogen-bond acceptors (Lipinski definition) is 8. The first-order chi connectivity index (χ1) is 18.6. The number of halogens is 1. The highest BCUT2D eigenvalue weighted by Gasteiger charge is 2.14. The number of rotatable bonds is 6. The van der Waals surface area contributed by atoms with Crippen molar-refractivity contribution in [1.82, 2.24) is 29.7 Å². The molecular weight excluding hydrogens is 483 g/mol. The lowest BCUT2D eigenvalue weighted by Gasteiger charge is -2.29. The van der Waals surface area contributed by atoms with Crippen LogP contribution in [0.1, 0.15) is 5.69 Å². The van der Waals surface area contributed by atoms with Crippen molar-refractivity contribution in [2.45, 2.75) is 6.92 Å². The van der Waals surface area contributed by atoms with Crippen molar-refractivity contribution in [1.29, 1.82) is 0 Å². The van der Waals surface area contributed by atoms with Crippen LogP contribution in [-0.4, -0.2) is 56.0 Å². The summed E-state index contributed by atoms with van der Waals surface area (Å²) in [4.78, 5) is 19.7. The molecule has 0 bridgehead atoms. The molecule has 9 nitrogen and oxygen atoms in total. The Morgan fingerprint density at radius 2 is 1.66 bits per heavy atom. The summed E-state index contributed by atoms with van der Waals surface area (Å²) < 4.78 is 21.6. The largest absolute Gasteiger partial charge is 0.378 e. The van der Waals surface area contributed by atoms with Gasteiger partial charge >= 0.3 is 0 Å². The zero-order valence-corrected chi connectivity index (χ0v) is 20.8. The topological polar surface area (TPSA) is 93.9 Å². The van der Waals surface area contributed by atoms with Crippen molar-refractivity contribution in [3.63, 3.8) is 0 Å². The predicted octanol–water partition coefficient (Wildman–Crippen LogP) is 4.81. The fraction of sp³-hybridized carbons (Fsp3) is 0.179. The number of benzene rings is 2. The van der Waals surface area contributed by atoms with Crippen molar-refractivity contribution in [2.24, 2.45) is 0 Å². The third-order valence-corrected chi connectivity index (χ3v) is 6.24. The van der Waals surface area contributed by atoms with Gasteiger partial charge in [-0.2, -0.15) is 0 Å². The van der Waals surface area contributed by atoms with Crippen molar-refractivity contribution in [3.05, 3.63) is 90.9 Å². The minimum atomic E-state index is -0.303. The van der Waals surface area contributed by atoms with Crippen LogP contribution in [0, 0.1) is 12.7 Å². The third-order valence-electron chi connectivity index (χ3n) is 6.24. The van der Waals surface area contributed by atoms with E-state index < -0.39 is 0 Å². The Morgan fingerprint density at radius 1 is 0.842 bits per heavy atom. The van der Waals surface area contributed by atoms with E-state index in [0.29, 0.717) is 36.2 Å². The van der Waals surface area contributed by atoms with Gasteiger partial charge in [0.25, 0.3) is 0 Å². The summed E-state index contributed by atoms with van der Waals surface area (Å²) in [5.74, 6) is 0.753. The van der Waals surface area contributed by atoms with Gasteiger partial charge in [-0.05, 0) is 67.6 Å². The maximum absolute atomic E-state index is 14.5. The Kier molecular flexibility index (Phi) is 6.45. The molecule has 0 aliphatic carbocycles.